The highest BCUT2D eigenvalue weighted by atomic mass is 127. The maximum absolute atomic E-state index is 12.9. The quantitative estimate of drug-likeness (QED) is 0.356. The summed E-state index contributed by atoms with van der Waals surface area (Å²) in [7, 11) is 1.58. The number of benzene rings is 2. The van der Waals surface area contributed by atoms with E-state index in [-0.39, 0.29) is 16.3 Å². The normalized spacial score (nSPS) is 11.5. The number of nitrogens with zero attached hydrogens (tertiary/aromatic N) is 1. The summed E-state index contributed by atoms with van der Waals surface area (Å²) in [6.45, 7) is 0. The molecule has 0 saturated carbocycles. The van der Waals surface area contributed by atoms with E-state index in [9.17, 15) is 18.0 Å². The Balaban J connectivity index is 2.08. The average Bonchev–Trinajstić information content (AvgIpc) is 2.60. The van der Waals surface area contributed by atoms with E-state index < -0.39 is 11.7 Å². The van der Waals surface area contributed by atoms with E-state index in [1.807, 2.05) is 0 Å². The molecule has 1 aromatic heterocycles. The third-order valence-electron chi connectivity index (χ3n) is 3.95. The number of alkyl halides is 3. The van der Waals surface area contributed by atoms with Crippen LogP contribution in [0.5, 0.6) is 11.5 Å². The van der Waals surface area contributed by atoms with E-state index in [4.69, 9.17) is 22.1 Å². The van der Waals surface area contributed by atoms with Gasteiger partial charge >= 0.3 is 6.18 Å². The van der Waals surface area contributed by atoms with Crippen molar-refractivity contribution in [2.24, 2.45) is 7.05 Å². The summed E-state index contributed by atoms with van der Waals surface area (Å²) < 4.78 is 46.1. The fraction of sp³-hybridized carbons (Fsp3) is 0.105. The van der Waals surface area contributed by atoms with Crippen molar-refractivity contribution in [1.29, 1.82) is 0 Å². The van der Waals surface area contributed by atoms with E-state index >= 15 is 0 Å². The number of pyridine rings is 1. The average molecular weight is 521 g/mol. The van der Waals surface area contributed by atoms with Gasteiger partial charge in [0.15, 0.2) is 0 Å². The number of anilines is 1. The van der Waals surface area contributed by atoms with Crippen molar-refractivity contribution in [3.63, 3.8) is 0 Å². The maximum Gasteiger partial charge on any atom is 0.416 e. The lowest BCUT2D eigenvalue weighted by atomic mass is 10.1. The fourth-order valence-electron chi connectivity index (χ4n) is 2.53. The number of hydrogen-bond donors (Lipinski definition) is 1. The molecular formula is C19H13ClF3IN2O2. The van der Waals surface area contributed by atoms with Gasteiger partial charge in [-0.3, -0.25) is 4.79 Å². The van der Waals surface area contributed by atoms with E-state index in [0.29, 0.717) is 26.1 Å². The van der Waals surface area contributed by atoms with Crippen LogP contribution in [0.4, 0.5) is 18.9 Å². The molecule has 0 saturated heterocycles. The van der Waals surface area contributed by atoms with Crippen LogP contribution in [0, 0.1) is 3.57 Å². The predicted octanol–water partition coefficient (Wildman–Crippen LogP) is 5.70. The summed E-state index contributed by atoms with van der Waals surface area (Å²) in [6.07, 6.45) is -2.89. The molecule has 2 aromatic carbocycles. The zero-order chi connectivity index (χ0) is 20.6. The molecule has 28 heavy (non-hydrogen) atoms. The lowest BCUT2D eigenvalue weighted by molar-refractivity contribution is -0.137. The SMILES string of the molecule is Cn1cc(-c2cc(N)ccc2Oc2ccc(C(F)(F)F)cc2I)c(Cl)cc1=O. The number of nitrogen functional groups attached to an aromatic ring is 1. The van der Waals surface area contributed by atoms with Crippen molar-refractivity contribution in [1.82, 2.24) is 4.57 Å². The van der Waals surface area contributed by atoms with Gasteiger partial charge in [-0.2, -0.15) is 13.2 Å². The first-order valence-electron chi connectivity index (χ1n) is 7.87. The summed E-state index contributed by atoms with van der Waals surface area (Å²) in [4.78, 5) is 11.8. The van der Waals surface area contributed by atoms with Gasteiger partial charge in [0.2, 0.25) is 0 Å². The van der Waals surface area contributed by atoms with Crippen LogP contribution in [0.1, 0.15) is 5.56 Å². The molecule has 0 spiro atoms. The van der Waals surface area contributed by atoms with Crippen LogP contribution >= 0.6 is 34.2 Å². The molecule has 2 N–H and O–H groups in total. The number of hydrogen-bond acceptors (Lipinski definition) is 3. The molecule has 3 rings (SSSR count). The Morgan fingerprint density at radius 1 is 1.07 bits per heavy atom. The molecule has 3 aromatic rings. The summed E-state index contributed by atoms with van der Waals surface area (Å²) in [5.41, 5.74) is 6.30. The van der Waals surface area contributed by atoms with E-state index in [1.165, 1.54) is 16.7 Å². The van der Waals surface area contributed by atoms with Crippen LogP contribution in [-0.2, 0) is 13.2 Å². The zero-order valence-electron chi connectivity index (χ0n) is 14.3. The summed E-state index contributed by atoms with van der Waals surface area (Å²) >= 11 is 8.01. The first-order chi connectivity index (χ1) is 13.1. The number of halogens is 5. The van der Waals surface area contributed by atoms with Crippen LogP contribution in [0.25, 0.3) is 11.1 Å². The van der Waals surface area contributed by atoms with Gasteiger partial charge in [-0.25, -0.2) is 0 Å². The molecule has 0 bridgehead atoms. The van der Waals surface area contributed by atoms with Gasteiger partial charge in [0, 0.05) is 36.1 Å². The standard InChI is InChI=1S/C19H13ClF3IN2O2/c1-26-9-13(14(20)8-18(26)27)12-7-11(25)3-5-16(12)28-17-4-2-10(6-15(17)24)19(21,22)23/h2-9H,25H2,1H3. The second kappa shape index (κ2) is 7.67. The summed E-state index contributed by atoms with van der Waals surface area (Å²) in [5.74, 6) is 0.591. The van der Waals surface area contributed by atoms with Crippen molar-refractivity contribution in [3.8, 4) is 22.6 Å². The van der Waals surface area contributed by atoms with Crippen LogP contribution < -0.4 is 16.0 Å². The highest BCUT2D eigenvalue weighted by Crippen LogP contribution is 2.40. The zero-order valence-corrected chi connectivity index (χ0v) is 17.3. The van der Waals surface area contributed by atoms with Crippen molar-refractivity contribution in [3.05, 3.63) is 73.2 Å². The molecule has 146 valence electrons. The third kappa shape index (κ3) is 4.27. The largest absolute Gasteiger partial charge is 0.456 e. The molecule has 0 aliphatic heterocycles. The Bertz CT molecular complexity index is 1110. The molecule has 0 unspecified atom stereocenters. The Morgan fingerprint density at radius 3 is 2.39 bits per heavy atom. The van der Waals surface area contributed by atoms with Crippen LogP contribution in [0.3, 0.4) is 0 Å². The third-order valence-corrected chi connectivity index (χ3v) is 5.11. The topological polar surface area (TPSA) is 57.2 Å². The van der Waals surface area contributed by atoms with E-state index in [1.54, 1.807) is 54.0 Å². The molecule has 9 heteroatoms. The second-order valence-corrected chi connectivity index (χ2v) is 7.55. The first kappa shape index (κ1) is 20.5. The monoisotopic (exact) mass is 520 g/mol. The second-order valence-electron chi connectivity index (χ2n) is 5.98. The molecule has 0 amide bonds. The van der Waals surface area contributed by atoms with Gasteiger partial charge in [0.1, 0.15) is 11.5 Å². The maximum atomic E-state index is 12.9. The minimum Gasteiger partial charge on any atom is -0.456 e. The molecule has 1 heterocycles. The van der Waals surface area contributed by atoms with Crippen molar-refractivity contribution in [2.45, 2.75) is 6.18 Å². The number of nitrogens with two attached hydrogens (primary N) is 1. The number of aromatic nitrogens is 1. The van der Waals surface area contributed by atoms with Gasteiger partial charge in [-0.05, 0) is 59.0 Å². The van der Waals surface area contributed by atoms with Crippen LogP contribution in [-0.4, -0.2) is 4.57 Å². The number of rotatable bonds is 3. The minimum absolute atomic E-state index is 0.209. The van der Waals surface area contributed by atoms with Gasteiger partial charge in [-0.15, -0.1) is 0 Å². The minimum atomic E-state index is -4.44. The smallest absolute Gasteiger partial charge is 0.416 e. The van der Waals surface area contributed by atoms with Gasteiger partial charge < -0.3 is 15.0 Å². The Morgan fingerprint density at radius 2 is 1.75 bits per heavy atom. The Labute approximate surface area is 176 Å². The molecule has 4 nitrogen and oxygen atoms in total. The lowest BCUT2D eigenvalue weighted by Crippen LogP contribution is -2.14. The van der Waals surface area contributed by atoms with Crippen LogP contribution in [0.15, 0.2) is 53.5 Å². The van der Waals surface area contributed by atoms with Crippen LogP contribution in [0.2, 0.25) is 5.02 Å². The van der Waals surface area contributed by atoms with E-state index in [0.717, 1.165) is 12.1 Å². The lowest BCUT2D eigenvalue weighted by Gasteiger charge is -2.16. The Hall–Kier alpha value is -2.20. The summed E-state index contributed by atoms with van der Waals surface area (Å²) in [6, 6.07) is 9.31. The van der Waals surface area contributed by atoms with Gasteiger partial charge in [-0.1, -0.05) is 11.6 Å². The van der Waals surface area contributed by atoms with Gasteiger partial charge in [0.05, 0.1) is 14.2 Å². The predicted molar refractivity (Wildman–Crippen MR) is 111 cm³/mol. The molecule has 0 atom stereocenters. The highest BCUT2D eigenvalue weighted by molar-refractivity contribution is 14.1. The molecular weight excluding hydrogens is 508 g/mol. The molecule has 0 aliphatic rings. The van der Waals surface area contributed by atoms with Crippen molar-refractivity contribution >= 4 is 39.9 Å². The number of aryl methyl sites for hydroxylation is 1. The first-order valence-corrected chi connectivity index (χ1v) is 9.32. The molecule has 0 aliphatic carbocycles. The van der Waals surface area contributed by atoms with Gasteiger partial charge in [0.25, 0.3) is 5.56 Å². The van der Waals surface area contributed by atoms with E-state index in [2.05, 4.69) is 0 Å². The highest BCUT2D eigenvalue weighted by Gasteiger charge is 2.31. The Kier molecular flexibility index (Phi) is 5.62. The van der Waals surface area contributed by atoms with Crippen molar-refractivity contribution < 1.29 is 17.9 Å². The van der Waals surface area contributed by atoms with Crippen molar-refractivity contribution in [2.75, 3.05) is 5.73 Å². The summed E-state index contributed by atoms with van der Waals surface area (Å²) in [5, 5.41) is 0.209. The number of ether oxygens (including phenoxy) is 1. The fourth-order valence-corrected chi connectivity index (χ4v) is 3.40. The molecule has 0 fully saturated rings. The molecule has 0 radical (unpaired) electrons.